The molecule has 0 amide bonds. The molecule has 0 saturated heterocycles. The maximum Gasteiger partial charge on any atom is 0.105 e. The predicted molar refractivity (Wildman–Crippen MR) is 91.9 cm³/mol. The van der Waals surface area contributed by atoms with Crippen molar-refractivity contribution in [1.29, 1.82) is 0 Å². The summed E-state index contributed by atoms with van der Waals surface area (Å²) in [5.41, 5.74) is 2.89. The molecule has 3 rings (SSSR count). The van der Waals surface area contributed by atoms with Crippen LogP contribution in [0.2, 0.25) is 5.02 Å². The lowest BCUT2D eigenvalue weighted by Gasteiger charge is -2.16. The summed E-state index contributed by atoms with van der Waals surface area (Å²) in [5.74, 6) is 0. The Hall–Kier alpha value is -1.35. The minimum absolute atomic E-state index is 0.600. The largest absolute Gasteiger partial charge is 0.384 e. The standard InChI is InChI=1S/C18H14BrClO/c1-11-6-8-15(14-5-3-2-4-13(11)14)18(21)12-7-9-16(19)17(20)10-12/h2-10,18,21H,1H3. The van der Waals surface area contributed by atoms with E-state index in [4.69, 9.17) is 11.6 Å². The molecule has 3 aromatic carbocycles. The molecular formula is C18H14BrClO. The Labute approximate surface area is 137 Å². The molecule has 0 aliphatic carbocycles. The highest BCUT2D eigenvalue weighted by atomic mass is 79.9. The lowest BCUT2D eigenvalue weighted by molar-refractivity contribution is 0.222. The van der Waals surface area contributed by atoms with Crippen molar-refractivity contribution in [3.05, 3.63) is 80.8 Å². The van der Waals surface area contributed by atoms with Crippen LogP contribution in [0.3, 0.4) is 0 Å². The molecule has 0 aliphatic rings. The zero-order chi connectivity index (χ0) is 15.0. The molecule has 106 valence electrons. The molecule has 0 radical (unpaired) electrons. The number of halogens is 2. The third-order valence-corrected chi connectivity index (χ3v) is 4.96. The van der Waals surface area contributed by atoms with Gasteiger partial charge in [0.1, 0.15) is 6.10 Å². The zero-order valence-corrected chi connectivity index (χ0v) is 13.8. The number of aliphatic hydroxyl groups excluding tert-OH is 1. The van der Waals surface area contributed by atoms with Crippen LogP contribution >= 0.6 is 27.5 Å². The smallest absolute Gasteiger partial charge is 0.105 e. The monoisotopic (exact) mass is 360 g/mol. The first-order chi connectivity index (χ1) is 10.1. The number of benzene rings is 3. The number of hydrogen-bond acceptors (Lipinski definition) is 1. The summed E-state index contributed by atoms with van der Waals surface area (Å²) in [6, 6.07) is 17.7. The molecule has 3 aromatic rings. The van der Waals surface area contributed by atoms with Gasteiger partial charge in [-0.1, -0.05) is 54.1 Å². The van der Waals surface area contributed by atoms with Crippen LogP contribution < -0.4 is 0 Å². The summed E-state index contributed by atoms with van der Waals surface area (Å²) in [5, 5.41) is 13.6. The molecule has 0 saturated carbocycles. The van der Waals surface area contributed by atoms with Crippen molar-refractivity contribution in [2.45, 2.75) is 13.0 Å². The molecular weight excluding hydrogens is 348 g/mol. The van der Waals surface area contributed by atoms with Crippen LogP contribution in [0.4, 0.5) is 0 Å². The zero-order valence-electron chi connectivity index (χ0n) is 11.5. The summed E-state index contributed by atoms with van der Waals surface area (Å²) in [4.78, 5) is 0. The van der Waals surface area contributed by atoms with E-state index in [1.165, 1.54) is 5.56 Å². The van der Waals surface area contributed by atoms with E-state index in [0.29, 0.717) is 5.02 Å². The average Bonchev–Trinajstić information content (AvgIpc) is 2.50. The number of fused-ring (bicyclic) bond motifs is 1. The fourth-order valence-electron chi connectivity index (χ4n) is 2.57. The highest BCUT2D eigenvalue weighted by molar-refractivity contribution is 9.10. The van der Waals surface area contributed by atoms with Crippen LogP contribution in [0.1, 0.15) is 22.8 Å². The van der Waals surface area contributed by atoms with Gasteiger partial charge in [0.2, 0.25) is 0 Å². The van der Waals surface area contributed by atoms with Gasteiger partial charge in [0.15, 0.2) is 0 Å². The maximum atomic E-state index is 10.7. The van der Waals surface area contributed by atoms with Gasteiger partial charge in [0.05, 0.1) is 5.02 Å². The van der Waals surface area contributed by atoms with Gasteiger partial charge in [-0.15, -0.1) is 0 Å². The number of hydrogen-bond donors (Lipinski definition) is 1. The third-order valence-electron chi connectivity index (χ3n) is 3.73. The first kappa shape index (κ1) is 14.6. The van der Waals surface area contributed by atoms with Crippen LogP contribution in [-0.4, -0.2) is 5.11 Å². The van der Waals surface area contributed by atoms with Crippen molar-refractivity contribution in [3.63, 3.8) is 0 Å². The SMILES string of the molecule is Cc1ccc(C(O)c2ccc(Br)c(Cl)c2)c2ccccc12. The van der Waals surface area contributed by atoms with E-state index in [-0.39, 0.29) is 0 Å². The summed E-state index contributed by atoms with van der Waals surface area (Å²) in [7, 11) is 0. The highest BCUT2D eigenvalue weighted by Crippen LogP contribution is 2.33. The molecule has 1 atom stereocenters. The predicted octanol–water partition coefficient (Wildman–Crippen LogP) is 5.65. The molecule has 0 fully saturated rings. The van der Waals surface area contributed by atoms with E-state index in [0.717, 1.165) is 26.4 Å². The van der Waals surface area contributed by atoms with Gasteiger partial charge >= 0.3 is 0 Å². The maximum absolute atomic E-state index is 10.7. The van der Waals surface area contributed by atoms with Gasteiger partial charge in [-0.05, 0) is 62.4 Å². The first-order valence-electron chi connectivity index (χ1n) is 6.69. The van der Waals surface area contributed by atoms with E-state index < -0.39 is 6.10 Å². The van der Waals surface area contributed by atoms with E-state index >= 15 is 0 Å². The summed E-state index contributed by atoms with van der Waals surface area (Å²) in [6.07, 6.45) is -0.693. The molecule has 1 unspecified atom stereocenters. The Kier molecular flexibility index (Phi) is 4.03. The van der Waals surface area contributed by atoms with E-state index in [1.807, 2.05) is 42.5 Å². The fourth-order valence-corrected chi connectivity index (χ4v) is 3.01. The van der Waals surface area contributed by atoms with E-state index in [1.54, 1.807) is 6.07 Å². The topological polar surface area (TPSA) is 20.2 Å². The molecule has 1 nitrogen and oxygen atoms in total. The molecule has 0 aliphatic heterocycles. The Balaban J connectivity index is 2.15. The second-order valence-corrected chi connectivity index (χ2v) is 6.35. The molecule has 1 N–H and O–H groups in total. The van der Waals surface area contributed by atoms with Crippen molar-refractivity contribution >= 4 is 38.3 Å². The molecule has 3 heteroatoms. The summed E-state index contributed by atoms with van der Waals surface area (Å²) in [6.45, 7) is 2.08. The van der Waals surface area contributed by atoms with Gasteiger partial charge in [-0.25, -0.2) is 0 Å². The minimum atomic E-state index is -0.693. The molecule has 21 heavy (non-hydrogen) atoms. The Morgan fingerprint density at radius 2 is 1.71 bits per heavy atom. The van der Waals surface area contributed by atoms with Crippen molar-refractivity contribution in [2.75, 3.05) is 0 Å². The van der Waals surface area contributed by atoms with Crippen LogP contribution in [-0.2, 0) is 0 Å². The van der Waals surface area contributed by atoms with E-state index in [2.05, 4.69) is 28.9 Å². The lowest BCUT2D eigenvalue weighted by atomic mass is 9.94. The number of aryl methyl sites for hydroxylation is 1. The molecule has 0 heterocycles. The summed E-state index contributed by atoms with van der Waals surface area (Å²) >= 11 is 9.50. The van der Waals surface area contributed by atoms with Crippen LogP contribution in [0, 0.1) is 6.92 Å². The van der Waals surface area contributed by atoms with Gasteiger partial charge in [0.25, 0.3) is 0 Å². The number of rotatable bonds is 2. The van der Waals surface area contributed by atoms with Gasteiger partial charge in [-0.3, -0.25) is 0 Å². The molecule has 0 spiro atoms. The second-order valence-electron chi connectivity index (χ2n) is 5.09. The Bertz CT molecular complexity index is 813. The van der Waals surface area contributed by atoms with Crippen LogP contribution in [0.15, 0.2) is 59.1 Å². The van der Waals surface area contributed by atoms with Gasteiger partial charge in [0, 0.05) is 4.47 Å². The van der Waals surface area contributed by atoms with Crippen molar-refractivity contribution in [2.24, 2.45) is 0 Å². The number of aliphatic hydroxyl groups is 1. The van der Waals surface area contributed by atoms with Gasteiger partial charge in [-0.2, -0.15) is 0 Å². The lowest BCUT2D eigenvalue weighted by Crippen LogP contribution is -2.01. The normalized spacial score (nSPS) is 12.6. The minimum Gasteiger partial charge on any atom is -0.384 e. The Morgan fingerprint density at radius 3 is 2.43 bits per heavy atom. The third kappa shape index (κ3) is 2.71. The first-order valence-corrected chi connectivity index (χ1v) is 7.86. The quantitative estimate of drug-likeness (QED) is 0.625. The highest BCUT2D eigenvalue weighted by Gasteiger charge is 2.15. The van der Waals surface area contributed by atoms with Crippen molar-refractivity contribution in [3.8, 4) is 0 Å². The summed E-state index contributed by atoms with van der Waals surface area (Å²) < 4.78 is 0.828. The van der Waals surface area contributed by atoms with Crippen molar-refractivity contribution < 1.29 is 5.11 Å². The molecule has 0 aromatic heterocycles. The average molecular weight is 362 g/mol. The van der Waals surface area contributed by atoms with Crippen molar-refractivity contribution in [1.82, 2.24) is 0 Å². The second kappa shape index (κ2) is 5.80. The van der Waals surface area contributed by atoms with Gasteiger partial charge < -0.3 is 5.11 Å². The van der Waals surface area contributed by atoms with Crippen LogP contribution in [0.5, 0.6) is 0 Å². The fraction of sp³-hybridized carbons (Fsp3) is 0.111. The Morgan fingerprint density at radius 1 is 1.00 bits per heavy atom. The van der Waals surface area contributed by atoms with Crippen LogP contribution in [0.25, 0.3) is 10.8 Å². The molecule has 0 bridgehead atoms. The van der Waals surface area contributed by atoms with E-state index in [9.17, 15) is 5.11 Å².